The number of nitrogens with zero attached hydrogens (tertiary/aromatic N) is 2. The first-order valence-corrected chi connectivity index (χ1v) is 13.7. The number of phenols is 1. The first-order valence-electron chi connectivity index (χ1n) is 13.7. The smallest absolute Gasteiger partial charge is 0.259 e. The molecule has 0 aliphatic heterocycles. The number of aryl methyl sites for hydroxylation is 1. The van der Waals surface area contributed by atoms with Crippen LogP contribution in [-0.4, -0.2) is 23.5 Å². The summed E-state index contributed by atoms with van der Waals surface area (Å²) in [4.78, 5) is 26.0. The third-order valence-electron chi connectivity index (χ3n) is 6.68. The molecule has 0 radical (unpaired) electrons. The minimum Gasteiger partial charge on any atom is -0.505 e. The normalized spacial score (nSPS) is 11.0. The summed E-state index contributed by atoms with van der Waals surface area (Å²) in [6, 6.07) is 30.5. The van der Waals surface area contributed by atoms with Gasteiger partial charge in [-0.2, -0.15) is 0 Å². The topological polar surface area (TPSA) is 112 Å². The molecule has 0 spiro atoms. The summed E-state index contributed by atoms with van der Waals surface area (Å²) in [6.07, 6.45) is 0.614. The second kappa shape index (κ2) is 12.8. The minimum absolute atomic E-state index is 0.0738. The van der Waals surface area contributed by atoms with Gasteiger partial charge in [-0.3, -0.25) is 9.59 Å². The monoisotopic (exact) mass is 558 g/mol. The standard InChI is InChI=1S/C34H30N4O4/c1-3-22-20-29(30(42-4-2)21-28(22)36-33(40)23-13-7-5-8-14-23)37-38-31-26-18-12-11-15-24(26)19-27(32(31)39)34(41)35-25-16-9-6-10-17-25/h5-21,39H,3-4H2,1-2H3,(H,35,41)(H,36,40). The van der Waals surface area contributed by atoms with Crippen molar-refractivity contribution in [3.05, 3.63) is 120 Å². The van der Waals surface area contributed by atoms with Crippen LogP contribution in [0.2, 0.25) is 0 Å². The van der Waals surface area contributed by atoms with Crippen molar-refractivity contribution in [2.75, 3.05) is 17.2 Å². The van der Waals surface area contributed by atoms with E-state index in [2.05, 4.69) is 20.9 Å². The van der Waals surface area contributed by atoms with Gasteiger partial charge in [0.15, 0.2) is 5.75 Å². The molecule has 210 valence electrons. The van der Waals surface area contributed by atoms with E-state index in [1.165, 1.54) is 0 Å². The van der Waals surface area contributed by atoms with E-state index < -0.39 is 5.91 Å². The Kier molecular flexibility index (Phi) is 8.53. The molecule has 0 heterocycles. The fourth-order valence-corrected chi connectivity index (χ4v) is 4.57. The largest absolute Gasteiger partial charge is 0.505 e. The van der Waals surface area contributed by atoms with E-state index in [1.54, 1.807) is 42.5 Å². The number of phenolic OH excluding ortho intramolecular Hbond substituents is 1. The van der Waals surface area contributed by atoms with Crippen LogP contribution in [0.4, 0.5) is 22.7 Å². The molecule has 0 atom stereocenters. The highest BCUT2D eigenvalue weighted by Gasteiger charge is 2.19. The Labute approximate surface area is 243 Å². The van der Waals surface area contributed by atoms with Crippen LogP contribution in [0.1, 0.15) is 40.1 Å². The molecule has 0 fully saturated rings. The molecule has 0 aliphatic rings. The quantitative estimate of drug-likeness (QED) is 0.158. The van der Waals surface area contributed by atoms with Gasteiger partial charge in [-0.1, -0.05) is 67.6 Å². The highest BCUT2D eigenvalue weighted by molar-refractivity contribution is 6.11. The highest BCUT2D eigenvalue weighted by atomic mass is 16.5. The second-order valence-electron chi connectivity index (χ2n) is 9.45. The van der Waals surface area contributed by atoms with Crippen molar-refractivity contribution in [2.24, 2.45) is 10.2 Å². The van der Waals surface area contributed by atoms with E-state index in [4.69, 9.17) is 4.74 Å². The predicted octanol–water partition coefficient (Wildman–Crippen LogP) is 8.43. The Morgan fingerprint density at radius 1 is 0.786 bits per heavy atom. The molecule has 0 unspecified atom stereocenters. The lowest BCUT2D eigenvalue weighted by atomic mass is 10.0. The number of benzene rings is 5. The van der Waals surface area contributed by atoms with E-state index in [-0.39, 0.29) is 22.9 Å². The van der Waals surface area contributed by atoms with E-state index >= 15 is 0 Å². The van der Waals surface area contributed by atoms with Gasteiger partial charge in [0.05, 0.1) is 12.2 Å². The van der Waals surface area contributed by atoms with Gasteiger partial charge < -0.3 is 20.5 Å². The van der Waals surface area contributed by atoms with Gasteiger partial charge in [0.25, 0.3) is 11.8 Å². The van der Waals surface area contributed by atoms with Crippen molar-refractivity contribution in [2.45, 2.75) is 20.3 Å². The number of hydrogen-bond donors (Lipinski definition) is 3. The number of rotatable bonds is 9. The van der Waals surface area contributed by atoms with Crippen LogP contribution in [0, 0.1) is 0 Å². The summed E-state index contributed by atoms with van der Waals surface area (Å²) in [7, 11) is 0. The van der Waals surface area contributed by atoms with E-state index in [0.717, 1.165) is 10.9 Å². The summed E-state index contributed by atoms with van der Waals surface area (Å²) in [5, 5.41) is 27.3. The average molecular weight is 559 g/mol. The van der Waals surface area contributed by atoms with E-state index in [1.807, 2.05) is 74.5 Å². The van der Waals surface area contributed by atoms with Crippen LogP contribution >= 0.6 is 0 Å². The molecule has 8 heteroatoms. The number of carbonyl (C=O) groups excluding carboxylic acids is 2. The van der Waals surface area contributed by atoms with Crippen LogP contribution < -0.4 is 15.4 Å². The number of ether oxygens (including phenoxy) is 1. The van der Waals surface area contributed by atoms with Crippen molar-refractivity contribution < 1.29 is 19.4 Å². The van der Waals surface area contributed by atoms with Crippen molar-refractivity contribution in [3.63, 3.8) is 0 Å². The lowest BCUT2D eigenvalue weighted by molar-refractivity contribution is 0.101. The molecule has 0 aliphatic carbocycles. The maximum Gasteiger partial charge on any atom is 0.259 e. The van der Waals surface area contributed by atoms with Crippen molar-refractivity contribution >= 4 is 45.3 Å². The molecule has 0 bridgehead atoms. The first-order chi connectivity index (χ1) is 20.5. The number of azo groups is 1. The SMILES string of the molecule is CCOc1cc(NC(=O)c2ccccc2)c(CC)cc1N=Nc1c(O)c(C(=O)Nc2ccccc2)cc2ccccc12. The number of hydrogen-bond acceptors (Lipinski definition) is 6. The molecule has 5 aromatic carbocycles. The molecular weight excluding hydrogens is 528 g/mol. The summed E-state index contributed by atoms with van der Waals surface area (Å²) in [5.74, 6) is -0.568. The molecule has 2 amide bonds. The molecular formula is C34H30N4O4. The van der Waals surface area contributed by atoms with Gasteiger partial charge in [0.2, 0.25) is 0 Å². The van der Waals surface area contributed by atoms with Gasteiger partial charge in [-0.05, 0) is 60.7 Å². The number of anilines is 2. The summed E-state index contributed by atoms with van der Waals surface area (Å²) < 4.78 is 5.87. The molecule has 0 aromatic heterocycles. The maximum absolute atomic E-state index is 13.2. The number of para-hydroxylation sites is 1. The highest BCUT2D eigenvalue weighted by Crippen LogP contribution is 2.41. The van der Waals surface area contributed by atoms with Crippen LogP contribution in [0.5, 0.6) is 11.5 Å². The van der Waals surface area contributed by atoms with Crippen LogP contribution in [0.3, 0.4) is 0 Å². The Balaban J connectivity index is 1.53. The van der Waals surface area contributed by atoms with Gasteiger partial charge in [-0.15, -0.1) is 10.2 Å². The van der Waals surface area contributed by atoms with E-state index in [0.29, 0.717) is 46.8 Å². The molecule has 5 rings (SSSR count). The molecule has 0 saturated carbocycles. The van der Waals surface area contributed by atoms with Gasteiger partial charge in [0, 0.05) is 28.4 Å². The second-order valence-corrected chi connectivity index (χ2v) is 9.45. The molecule has 0 saturated heterocycles. The van der Waals surface area contributed by atoms with E-state index in [9.17, 15) is 14.7 Å². The lowest BCUT2D eigenvalue weighted by Gasteiger charge is -2.15. The number of amides is 2. The Morgan fingerprint density at radius 2 is 1.48 bits per heavy atom. The zero-order valence-electron chi connectivity index (χ0n) is 23.3. The third kappa shape index (κ3) is 6.13. The summed E-state index contributed by atoms with van der Waals surface area (Å²) >= 11 is 0. The van der Waals surface area contributed by atoms with Gasteiger partial charge in [0.1, 0.15) is 17.1 Å². The van der Waals surface area contributed by atoms with Gasteiger partial charge in [-0.25, -0.2) is 0 Å². The van der Waals surface area contributed by atoms with Crippen LogP contribution in [0.15, 0.2) is 113 Å². The lowest BCUT2D eigenvalue weighted by Crippen LogP contribution is -2.13. The van der Waals surface area contributed by atoms with Crippen molar-refractivity contribution in [1.82, 2.24) is 0 Å². The fourth-order valence-electron chi connectivity index (χ4n) is 4.57. The predicted molar refractivity (Wildman–Crippen MR) is 166 cm³/mol. The third-order valence-corrected chi connectivity index (χ3v) is 6.68. The molecule has 8 nitrogen and oxygen atoms in total. The van der Waals surface area contributed by atoms with Crippen LogP contribution in [0.25, 0.3) is 10.8 Å². The summed E-state index contributed by atoms with van der Waals surface area (Å²) in [6.45, 7) is 4.19. The Morgan fingerprint density at radius 3 is 2.19 bits per heavy atom. The summed E-state index contributed by atoms with van der Waals surface area (Å²) in [5.41, 5.74) is 3.25. The zero-order valence-corrected chi connectivity index (χ0v) is 23.3. The fraction of sp³-hybridized carbons (Fsp3) is 0.118. The van der Waals surface area contributed by atoms with Crippen molar-refractivity contribution in [3.8, 4) is 11.5 Å². The van der Waals surface area contributed by atoms with Gasteiger partial charge >= 0.3 is 0 Å². The molecule has 42 heavy (non-hydrogen) atoms. The number of aromatic hydroxyl groups is 1. The minimum atomic E-state index is -0.470. The number of fused-ring (bicyclic) bond motifs is 1. The Bertz CT molecular complexity index is 1770. The molecule has 5 aromatic rings. The van der Waals surface area contributed by atoms with Crippen molar-refractivity contribution in [1.29, 1.82) is 0 Å². The Hall–Kier alpha value is -5.50. The number of carbonyl (C=O) groups is 2. The molecule has 3 N–H and O–H groups in total. The number of nitrogens with one attached hydrogen (secondary N) is 2. The van der Waals surface area contributed by atoms with Crippen LogP contribution in [-0.2, 0) is 6.42 Å². The average Bonchev–Trinajstić information content (AvgIpc) is 3.02. The maximum atomic E-state index is 13.2. The first kappa shape index (κ1) is 28.0. The zero-order chi connectivity index (χ0) is 29.5.